The number of carbonyl (C=O) groups excluding carboxylic acids is 2. The van der Waals surface area contributed by atoms with Gasteiger partial charge in [-0.15, -0.1) is 0 Å². The van der Waals surface area contributed by atoms with E-state index < -0.39 is 0 Å². The maximum atomic E-state index is 13.5. The summed E-state index contributed by atoms with van der Waals surface area (Å²) in [5.41, 5.74) is 0.958. The van der Waals surface area contributed by atoms with E-state index in [1.54, 1.807) is 36.5 Å². The SMILES string of the molecule is CCCCn1c(N2CCC(C(=O)OCC)CC2)c(C=C2SC(=S)N(CCCOC)C2=O)c(C)c(C#N)c1=O. The van der Waals surface area contributed by atoms with Crippen LogP contribution in [0.25, 0.3) is 6.08 Å². The van der Waals surface area contributed by atoms with Crippen LogP contribution in [0.5, 0.6) is 0 Å². The Morgan fingerprint density at radius 2 is 1.92 bits per heavy atom. The largest absolute Gasteiger partial charge is 0.466 e. The molecule has 3 heterocycles. The lowest BCUT2D eigenvalue weighted by Crippen LogP contribution is -2.41. The molecular weight excluding hydrogens is 524 g/mol. The molecule has 11 heteroatoms. The molecule has 1 amide bonds. The number of rotatable bonds is 11. The molecule has 2 aliphatic rings. The lowest BCUT2D eigenvalue weighted by Gasteiger charge is -2.35. The lowest BCUT2D eigenvalue weighted by molar-refractivity contribution is -0.148. The summed E-state index contributed by atoms with van der Waals surface area (Å²) in [6, 6.07) is 2.09. The molecule has 3 rings (SSSR count). The second-order valence-electron chi connectivity index (χ2n) is 9.35. The molecule has 0 atom stereocenters. The minimum Gasteiger partial charge on any atom is -0.466 e. The van der Waals surface area contributed by atoms with Crippen molar-refractivity contribution in [1.29, 1.82) is 5.26 Å². The fraction of sp³-hybridized carbons (Fsp3) is 0.593. The van der Waals surface area contributed by atoms with Crippen molar-refractivity contribution < 1.29 is 19.1 Å². The fourth-order valence-electron chi connectivity index (χ4n) is 4.79. The Kier molecular flexibility index (Phi) is 10.9. The number of nitrogens with zero attached hydrogens (tertiary/aromatic N) is 4. The smallest absolute Gasteiger partial charge is 0.309 e. The van der Waals surface area contributed by atoms with Gasteiger partial charge in [0.2, 0.25) is 0 Å². The van der Waals surface area contributed by atoms with Gasteiger partial charge in [0, 0.05) is 45.5 Å². The van der Waals surface area contributed by atoms with E-state index in [1.807, 2.05) is 6.92 Å². The molecule has 2 fully saturated rings. The van der Waals surface area contributed by atoms with E-state index in [4.69, 9.17) is 21.7 Å². The number of hydrogen-bond donors (Lipinski definition) is 0. The van der Waals surface area contributed by atoms with Crippen molar-refractivity contribution in [3.05, 3.63) is 31.9 Å². The second-order valence-corrected chi connectivity index (χ2v) is 11.0. The molecule has 0 aliphatic carbocycles. The van der Waals surface area contributed by atoms with Crippen molar-refractivity contribution in [2.45, 2.75) is 59.4 Å². The zero-order valence-electron chi connectivity index (χ0n) is 22.6. The number of anilines is 1. The molecule has 0 unspecified atom stereocenters. The van der Waals surface area contributed by atoms with Gasteiger partial charge in [-0.2, -0.15) is 5.26 Å². The molecule has 9 nitrogen and oxygen atoms in total. The average molecular weight is 561 g/mol. The molecule has 1 aromatic rings. The Labute approximate surface area is 233 Å². The van der Waals surface area contributed by atoms with Crippen molar-refractivity contribution in [3.8, 4) is 6.07 Å². The minimum atomic E-state index is -0.328. The molecular formula is C27H36N4O5S2. The summed E-state index contributed by atoms with van der Waals surface area (Å²) in [4.78, 5) is 43.2. The van der Waals surface area contributed by atoms with Crippen LogP contribution < -0.4 is 10.5 Å². The lowest BCUT2D eigenvalue weighted by atomic mass is 9.95. The summed E-state index contributed by atoms with van der Waals surface area (Å²) in [6.07, 6.45) is 5.28. The highest BCUT2D eigenvalue weighted by molar-refractivity contribution is 8.26. The van der Waals surface area contributed by atoms with Gasteiger partial charge in [-0.1, -0.05) is 37.3 Å². The van der Waals surface area contributed by atoms with E-state index in [-0.39, 0.29) is 28.9 Å². The van der Waals surface area contributed by atoms with Crippen LogP contribution in [-0.2, 0) is 25.6 Å². The van der Waals surface area contributed by atoms with Gasteiger partial charge in [-0.3, -0.25) is 23.9 Å². The topological polar surface area (TPSA) is 105 Å². The number of thiocarbonyl (C=S) groups is 1. The first-order chi connectivity index (χ1) is 18.3. The Bertz CT molecular complexity index is 1200. The molecule has 0 bridgehead atoms. The van der Waals surface area contributed by atoms with Crippen LogP contribution in [0.2, 0.25) is 0 Å². The Morgan fingerprint density at radius 1 is 1.21 bits per heavy atom. The highest BCUT2D eigenvalue weighted by Gasteiger charge is 2.34. The zero-order valence-corrected chi connectivity index (χ0v) is 24.2. The Balaban J connectivity index is 2.08. The van der Waals surface area contributed by atoms with Gasteiger partial charge in [0.05, 0.1) is 17.4 Å². The van der Waals surface area contributed by atoms with Gasteiger partial charge in [0.15, 0.2) is 0 Å². The second kappa shape index (κ2) is 13.9. The first kappa shape index (κ1) is 29.9. The van der Waals surface area contributed by atoms with Crippen molar-refractivity contribution in [2.75, 3.05) is 44.9 Å². The maximum Gasteiger partial charge on any atom is 0.309 e. The predicted octanol–water partition coefficient (Wildman–Crippen LogP) is 3.85. The molecule has 0 N–H and O–H groups in total. The third kappa shape index (κ3) is 6.47. The summed E-state index contributed by atoms with van der Waals surface area (Å²) in [7, 11) is 1.62. The number of hydrogen-bond acceptors (Lipinski definition) is 9. The summed E-state index contributed by atoms with van der Waals surface area (Å²) >= 11 is 6.72. The highest BCUT2D eigenvalue weighted by Crippen LogP contribution is 2.37. The molecule has 38 heavy (non-hydrogen) atoms. The molecule has 0 spiro atoms. The van der Waals surface area contributed by atoms with E-state index in [0.717, 1.165) is 12.8 Å². The van der Waals surface area contributed by atoms with Gasteiger partial charge in [-0.25, -0.2) is 0 Å². The third-order valence-electron chi connectivity index (χ3n) is 6.88. The van der Waals surface area contributed by atoms with Crippen LogP contribution in [0.1, 0.15) is 62.6 Å². The number of piperidine rings is 1. The third-order valence-corrected chi connectivity index (χ3v) is 8.25. The van der Waals surface area contributed by atoms with Crippen molar-refractivity contribution in [2.24, 2.45) is 5.92 Å². The van der Waals surface area contributed by atoms with Crippen LogP contribution in [-0.4, -0.2) is 65.6 Å². The van der Waals surface area contributed by atoms with Crippen LogP contribution >= 0.6 is 24.0 Å². The quantitative estimate of drug-likeness (QED) is 0.173. The molecule has 206 valence electrons. The van der Waals surface area contributed by atoms with Gasteiger partial charge in [0.25, 0.3) is 11.5 Å². The normalized spacial score (nSPS) is 17.4. The number of nitriles is 1. The van der Waals surface area contributed by atoms with E-state index in [0.29, 0.717) is 84.8 Å². The molecule has 0 saturated carbocycles. The molecule has 0 aromatic carbocycles. The van der Waals surface area contributed by atoms with Gasteiger partial charge >= 0.3 is 5.97 Å². The van der Waals surface area contributed by atoms with E-state index in [2.05, 4.69) is 11.0 Å². The number of amides is 1. The number of esters is 1. The first-order valence-corrected chi connectivity index (χ1v) is 14.3. The zero-order chi connectivity index (χ0) is 27.8. The molecule has 1 aromatic heterocycles. The summed E-state index contributed by atoms with van der Waals surface area (Å²) in [5.74, 6) is 0.122. The number of aromatic nitrogens is 1. The number of ether oxygens (including phenoxy) is 2. The van der Waals surface area contributed by atoms with E-state index in [9.17, 15) is 19.6 Å². The monoisotopic (exact) mass is 560 g/mol. The number of methoxy groups -OCH3 is 1. The highest BCUT2D eigenvalue weighted by atomic mass is 32.2. The van der Waals surface area contributed by atoms with Gasteiger partial charge < -0.3 is 14.4 Å². The van der Waals surface area contributed by atoms with Gasteiger partial charge in [0.1, 0.15) is 21.8 Å². The van der Waals surface area contributed by atoms with Gasteiger partial charge in [-0.05, 0) is 51.2 Å². The summed E-state index contributed by atoms with van der Waals surface area (Å²) in [5, 5.41) is 9.88. The molecule has 2 aliphatic heterocycles. The standard InChI is InChI=1S/C27H36N4O5S2/c1-5-7-11-30-23(29-13-9-19(10-14-29)26(34)36-6-2)20(18(3)21(17-28)24(30)32)16-22-25(33)31(27(37)38-22)12-8-15-35-4/h16,19H,5-15H2,1-4H3. The Morgan fingerprint density at radius 3 is 2.53 bits per heavy atom. The minimum absolute atomic E-state index is 0.0769. The van der Waals surface area contributed by atoms with E-state index in [1.165, 1.54) is 11.8 Å². The van der Waals surface area contributed by atoms with Crippen molar-refractivity contribution in [1.82, 2.24) is 9.47 Å². The number of unbranched alkanes of at least 4 members (excludes halogenated alkanes) is 1. The number of carbonyl (C=O) groups is 2. The van der Waals surface area contributed by atoms with Crippen molar-refractivity contribution in [3.63, 3.8) is 0 Å². The Hall–Kier alpha value is -2.68. The molecule has 0 radical (unpaired) electrons. The van der Waals surface area contributed by atoms with Crippen LogP contribution in [0, 0.1) is 24.2 Å². The average Bonchev–Trinajstić information content (AvgIpc) is 3.17. The predicted molar refractivity (Wildman–Crippen MR) is 153 cm³/mol. The number of pyridine rings is 1. The first-order valence-electron chi connectivity index (χ1n) is 13.1. The fourth-order valence-corrected chi connectivity index (χ4v) is 6.08. The van der Waals surface area contributed by atoms with Crippen molar-refractivity contribution >= 4 is 52.1 Å². The molecule has 2 saturated heterocycles. The number of thioether (sulfide) groups is 1. The maximum absolute atomic E-state index is 13.5. The van der Waals surface area contributed by atoms with E-state index >= 15 is 0 Å². The summed E-state index contributed by atoms with van der Waals surface area (Å²) in [6.45, 7) is 8.49. The van der Waals surface area contributed by atoms with Crippen LogP contribution in [0.3, 0.4) is 0 Å². The summed E-state index contributed by atoms with van der Waals surface area (Å²) < 4.78 is 12.5. The van der Waals surface area contributed by atoms with Crippen LogP contribution in [0.4, 0.5) is 5.82 Å². The van der Waals surface area contributed by atoms with Crippen LogP contribution in [0.15, 0.2) is 9.70 Å².